The van der Waals surface area contributed by atoms with Crippen LogP contribution in [0.25, 0.3) is 11.1 Å². The van der Waals surface area contributed by atoms with E-state index in [2.05, 4.69) is 34.4 Å². The van der Waals surface area contributed by atoms with E-state index in [9.17, 15) is 4.79 Å². The predicted octanol–water partition coefficient (Wildman–Crippen LogP) is 3.76. The van der Waals surface area contributed by atoms with Gasteiger partial charge in [-0.15, -0.1) is 0 Å². The number of nitrogens with one attached hydrogen (secondary N) is 2. The van der Waals surface area contributed by atoms with Crippen molar-refractivity contribution >= 4 is 23.3 Å². The maximum absolute atomic E-state index is 12.3. The lowest BCUT2D eigenvalue weighted by Gasteiger charge is -2.36. The zero-order valence-electron chi connectivity index (χ0n) is 15.9. The van der Waals surface area contributed by atoms with E-state index in [1.165, 1.54) is 0 Å². The highest BCUT2D eigenvalue weighted by molar-refractivity contribution is 6.30. The molecular formula is C21H27ClN4O. The minimum atomic E-state index is -0.181. The molecule has 0 unspecified atom stereocenters. The van der Waals surface area contributed by atoms with Crippen LogP contribution in [0.1, 0.15) is 6.92 Å². The van der Waals surface area contributed by atoms with Crippen molar-refractivity contribution in [1.82, 2.24) is 15.1 Å². The summed E-state index contributed by atoms with van der Waals surface area (Å²) >= 11 is 6.08. The fraction of sp³-hybridized carbons (Fsp3) is 0.381. The van der Waals surface area contributed by atoms with E-state index < -0.39 is 0 Å². The van der Waals surface area contributed by atoms with Gasteiger partial charge in [-0.05, 0) is 49.4 Å². The quantitative estimate of drug-likeness (QED) is 0.822. The number of carbonyl (C=O) groups is 1. The minimum Gasteiger partial charge on any atom is -0.336 e. The molecule has 27 heavy (non-hydrogen) atoms. The van der Waals surface area contributed by atoms with E-state index in [4.69, 9.17) is 11.6 Å². The number of benzene rings is 2. The van der Waals surface area contributed by atoms with Gasteiger partial charge in [0, 0.05) is 49.5 Å². The number of piperazine rings is 1. The third-order valence-electron chi connectivity index (χ3n) is 5.00. The molecule has 0 spiro atoms. The highest BCUT2D eigenvalue weighted by atomic mass is 35.5. The Morgan fingerprint density at radius 1 is 1.07 bits per heavy atom. The van der Waals surface area contributed by atoms with Gasteiger partial charge in [-0.3, -0.25) is 4.90 Å². The molecule has 2 aromatic carbocycles. The monoisotopic (exact) mass is 386 g/mol. The highest BCUT2D eigenvalue weighted by Crippen LogP contribution is 2.25. The number of likely N-dealkylation sites (N-methyl/N-ethyl adjacent to an activating group) is 1. The Balaban J connectivity index is 1.53. The number of hydrogen-bond acceptors (Lipinski definition) is 3. The maximum Gasteiger partial charge on any atom is 0.319 e. The molecule has 0 aliphatic carbocycles. The fourth-order valence-corrected chi connectivity index (χ4v) is 3.44. The molecule has 0 aromatic heterocycles. The lowest BCUT2D eigenvalue weighted by Crippen LogP contribution is -2.51. The van der Waals surface area contributed by atoms with Gasteiger partial charge in [0.1, 0.15) is 0 Å². The molecular weight excluding hydrogens is 360 g/mol. The van der Waals surface area contributed by atoms with E-state index >= 15 is 0 Å². The molecule has 2 aromatic rings. The maximum atomic E-state index is 12.3. The lowest BCUT2D eigenvalue weighted by atomic mass is 10.1. The van der Waals surface area contributed by atoms with Crippen LogP contribution < -0.4 is 10.6 Å². The first-order valence-corrected chi connectivity index (χ1v) is 9.72. The Labute approximate surface area is 166 Å². The van der Waals surface area contributed by atoms with Gasteiger partial charge >= 0.3 is 6.03 Å². The second kappa shape index (κ2) is 9.22. The van der Waals surface area contributed by atoms with Crippen LogP contribution >= 0.6 is 11.6 Å². The van der Waals surface area contributed by atoms with Gasteiger partial charge in [-0.25, -0.2) is 4.79 Å². The number of hydrogen-bond donors (Lipinski definition) is 2. The summed E-state index contributed by atoms with van der Waals surface area (Å²) in [6, 6.07) is 15.6. The highest BCUT2D eigenvalue weighted by Gasteiger charge is 2.19. The van der Waals surface area contributed by atoms with Crippen LogP contribution in [0.4, 0.5) is 10.5 Å². The predicted molar refractivity (Wildman–Crippen MR) is 112 cm³/mol. The molecule has 1 aliphatic heterocycles. The summed E-state index contributed by atoms with van der Waals surface area (Å²) < 4.78 is 0. The van der Waals surface area contributed by atoms with Gasteiger partial charge in [0.05, 0.1) is 0 Å². The van der Waals surface area contributed by atoms with Crippen LogP contribution in [0.3, 0.4) is 0 Å². The number of rotatable bonds is 5. The van der Waals surface area contributed by atoms with E-state index in [1.54, 1.807) is 0 Å². The summed E-state index contributed by atoms with van der Waals surface area (Å²) in [5.41, 5.74) is 2.80. The molecule has 2 amide bonds. The molecule has 1 fully saturated rings. The summed E-state index contributed by atoms with van der Waals surface area (Å²) in [5.74, 6) is 0. The molecule has 5 nitrogen and oxygen atoms in total. The van der Waals surface area contributed by atoms with Gasteiger partial charge in [0.25, 0.3) is 0 Å². The van der Waals surface area contributed by atoms with Crippen LogP contribution in [0.5, 0.6) is 0 Å². The SMILES string of the molecule is C[C@H](CNC(=O)Nc1cccc(-c2cccc(Cl)c2)c1)N1CCN(C)CC1. The molecule has 1 aliphatic rings. The largest absolute Gasteiger partial charge is 0.336 e. The summed E-state index contributed by atoms with van der Waals surface area (Å²) in [5, 5.41) is 6.60. The van der Waals surface area contributed by atoms with Crippen molar-refractivity contribution in [2.24, 2.45) is 0 Å². The van der Waals surface area contributed by atoms with Gasteiger partial charge in [-0.1, -0.05) is 35.9 Å². The van der Waals surface area contributed by atoms with Crippen molar-refractivity contribution in [3.8, 4) is 11.1 Å². The van der Waals surface area contributed by atoms with Gasteiger partial charge in [0.15, 0.2) is 0 Å². The van der Waals surface area contributed by atoms with Crippen LogP contribution in [-0.4, -0.2) is 61.6 Å². The Morgan fingerprint density at radius 2 is 1.74 bits per heavy atom. The number of anilines is 1. The van der Waals surface area contributed by atoms with E-state index in [0.717, 1.165) is 43.0 Å². The molecule has 0 saturated carbocycles. The number of nitrogens with zero attached hydrogens (tertiary/aromatic N) is 2. The molecule has 1 heterocycles. The van der Waals surface area contributed by atoms with Gasteiger partial charge in [-0.2, -0.15) is 0 Å². The van der Waals surface area contributed by atoms with Crippen LogP contribution in [0.15, 0.2) is 48.5 Å². The van der Waals surface area contributed by atoms with E-state index in [-0.39, 0.29) is 6.03 Å². The molecule has 1 saturated heterocycles. The van der Waals surface area contributed by atoms with Crippen molar-refractivity contribution in [3.63, 3.8) is 0 Å². The van der Waals surface area contributed by atoms with Crippen molar-refractivity contribution in [2.75, 3.05) is 45.1 Å². The smallest absolute Gasteiger partial charge is 0.319 e. The number of halogens is 1. The van der Waals surface area contributed by atoms with Crippen molar-refractivity contribution < 1.29 is 4.79 Å². The van der Waals surface area contributed by atoms with Crippen LogP contribution in [0, 0.1) is 0 Å². The average Bonchev–Trinajstić information content (AvgIpc) is 2.67. The zero-order chi connectivity index (χ0) is 19.2. The summed E-state index contributed by atoms with van der Waals surface area (Å²) in [6.07, 6.45) is 0. The molecule has 3 rings (SSSR count). The first-order valence-electron chi connectivity index (χ1n) is 9.35. The van der Waals surface area contributed by atoms with E-state index in [0.29, 0.717) is 17.6 Å². The summed E-state index contributed by atoms with van der Waals surface area (Å²) in [4.78, 5) is 17.0. The lowest BCUT2D eigenvalue weighted by molar-refractivity contribution is 0.119. The average molecular weight is 387 g/mol. The standard InChI is InChI=1S/C21H27ClN4O/c1-16(26-11-9-25(2)10-12-26)15-23-21(27)24-20-8-4-6-18(14-20)17-5-3-7-19(22)13-17/h3-8,13-14,16H,9-12,15H2,1-2H3,(H2,23,24,27)/t16-/m1/s1. The number of urea groups is 1. The second-order valence-electron chi connectivity index (χ2n) is 7.11. The number of amides is 2. The molecule has 2 N–H and O–H groups in total. The van der Waals surface area contributed by atoms with Crippen molar-refractivity contribution in [2.45, 2.75) is 13.0 Å². The normalized spacial score (nSPS) is 16.7. The second-order valence-corrected chi connectivity index (χ2v) is 7.55. The van der Waals surface area contributed by atoms with Gasteiger partial charge < -0.3 is 15.5 Å². The van der Waals surface area contributed by atoms with Crippen molar-refractivity contribution in [1.29, 1.82) is 0 Å². The minimum absolute atomic E-state index is 0.181. The Bertz CT molecular complexity index is 774. The topological polar surface area (TPSA) is 47.6 Å². The Hall–Kier alpha value is -2.08. The Kier molecular flexibility index (Phi) is 6.72. The summed E-state index contributed by atoms with van der Waals surface area (Å²) in [7, 11) is 2.14. The molecule has 144 valence electrons. The van der Waals surface area contributed by atoms with Crippen LogP contribution in [0.2, 0.25) is 5.02 Å². The molecule has 0 radical (unpaired) electrons. The fourth-order valence-electron chi connectivity index (χ4n) is 3.25. The van der Waals surface area contributed by atoms with E-state index in [1.807, 2.05) is 48.5 Å². The first kappa shape index (κ1) is 19.7. The molecule has 1 atom stereocenters. The van der Waals surface area contributed by atoms with Crippen LogP contribution in [-0.2, 0) is 0 Å². The zero-order valence-corrected chi connectivity index (χ0v) is 16.7. The Morgan fingerprint density at radius 3 is 2.44 bits per heavy atom. The first-order chi connectivity index (χ1) is 13.0. The number of carbonyl (C=O) groups excluding carboxylic acids is 1. The summed E-state index contributed by atoms with van der Waals surface area (Å²) in [6.45, 7) is 7.03. The molecule has 0 bridgehead atoms. The molecule has 6 heteroatoms. The third kappa shape index (κ3) is 5.70. The third-order valence-corrected chi connectivity index (χ3v) is 5.23. The van der Waals surface area contributed by atoms with Gasteiger partial charge in [0.2, 0.25) is 0 Å². The van der Waals surface area contributed by atoms with Crippen molar-refractivity contribution in [3.05, 3.63) is 53.6 Å².